The zero-order valence-corrected chi connectivity index (χ0v) is 5.09. The van der Waals surface area contributed by atoms with E-state index in [2.05, 4.69) is 5.92 Å². The summed E-state index contributed by atoms with van der Waals surface area (Å²) in [4.78, 5) is 0. The monoisotopic (exact) mass is 106 g/mol. The molecule has 0 aliphatic carbocycles. The van der Waals surface area contributed by atoms with E-state index < -0.39 is 0 Å². The SMILES string of the molecule is C#C/C=C\C/C=C\C. The molecule has 42 valence electrons. The summed E-state index contributed by atoms with van der Waals surface area (Å²) >= 11 is 0. The van der Waals surface area contributed by atoms with Crippen molar-refractivity contribution in [3.63, 3.8) is 0 Å². The highest BCUT2D eigenvalue weighted by molar-refractivity contribution is 5.09. The highest BCUT2D eigenvalue weighted by Gasteiger charge is 1.63. The van der Waals surface area contributed by atoms with Crippen molar-refractivity contribution in [2.24, 2.45) is 0 Å². The molecule has 0 atom stereocenters. The summed E-state index contributed by atoms with van der Waals surface area (Å²) in [5, 5.41) is 0. The fourth-order valence-electron chi connectivity index (χ4n) is 0.351. The normalized spacial score (nSPS) is 10.5. The maximum Gasteiger partial charge on any atom is -0.0158 e. The zero-order valence-electron chi connectivity index (χ0n) is 5.09. The molecule has 0 bridgehead atoms. The van der Waals surface area contributed by atoms with E-state index in [0.29, 0.717) is 0 Å². The van der Waals surface area contributed by atoms with Crippen molar-refractivity contribution in [1.82, 2.24) is 0 Å². The molecule has 0 rings (SSSR count). The van der Waals surface area contributed by atoms with Gasteiger partial charge < -0.3 is 0 Å². The van der Waals surface area contributed by atoms with Gasteiger partial charge in [0.1, 0.15) is 0 Å². The molecule has 0 heterocycles. The Morgan fingerprint density at radius 1 is 1.50 bits per heavy atom. The van der Waals surface area contributed by atoms with E-state index in [1.807, 2.05) is 25.2 Å². The minimum atomic E-state index is 0.945. The molecule has 0 saturated heterocycles. The van der Waals surface area contributed by atoms with E-state index in [1.165, 1.54) is 0 Å². The number of allylic oxidation sites excluding steroid dienone is 4. The van der Waals surface area contributed by atoms with E-state index >= 15 is 0 Å². The van der Waals surface area contributed by atoms with Crippen molar-refractivity contribution in [1.29, 1.82) is 0 Å². The van der Waals surface area contributed by atoms with Crippen LogP contribution in [0.15, 0.2) is 24.3 Å². The van der Waals surface area contributed by atoms with Crippen LogP contribution in [-0.2, 0) is 0 Å². The molecule has 0 nitrogen and oxygen atoms in total. The first-order valence-corrected chi connectivity index (χ1v) is 2.64. The van der Waals surface area contributed by atoms with Gasteiger partial charge in [-0.25, -0.2) is 0 Å². The van der Waals surface area contributed by atoms with Gasteiger partial charge in [0.05, 0.1) is 0 Å². The molecular weight excluding hydrogens is 96.1 g/mol. The molecular formula is C8H10. The molecule has 0 aromatic rings. The molecule has 0 heteroatoms. The maximum atomic E-state index is 4.95. The Labute approximate surface area is 50.9 Å². The average molecular weight is 106 g/mol. The first-order valence-electron chi connectivity index (χ1n) is 2.64. The Bertz CT molecular complexity index is 121. The maximum absolute atomic E-state index is 4.95. The van der Waals surface area contributed by atoms with Crippen molar-refractivity contribution in [3.05, 3.63) is 24.3 Å². The molecule has 0 spiro atoms. The van der Waals surface area contributed by atoms with E-state index in [1.54, 1.807) is 6.08 Å². The Hall–Kier alpha value is -0.960. The van der Waals surface area contributed by atoms with Crippen LogP contribution >= 0.6 is 0 Å². The van der Waals surface area contributed by atoms with Gasteiger partial charge in [-0.05, 0) is 19.4 Å². The quantitative estimate of drug-likeness (QED) is 0.373. The highest BCUT2D eigenvalue weighted by atomic mass is 13.7. The van der Waals surface area contributed by atoms with Crippen LogP contribution in [0.5, 0.6) is 0 Å². The molecule has 8 heavy (non-hydrogen) atoms. The average Bonchev–Trinajstić information content (AvgIpc) is 1.81. The van der Waals surface area contributed by atoms with Crippen molar-refractivity contribution >= 4 is 0 Å². The molecule has 0 amide bonds. The van der Waals surface area contributed by atoms with Gasteiger partial charge in [0.15, 0.2) is 0 Å². The van der Waals surface area contributed by atoms with E-state index in [4.69, 9.17) is 6.42 Å². The van der Waals surface area contributed by atoms with Gasteiger partial charge >= 0.3 is 0 Å². The van der Waals surface area contributed by atoms with Crippen molar-refractivity contribution in [2.45, 2.75) is 13.3 Å². The first-order chi connectivity index (χ1) is 3.91. The van der Waals surface area contributed by atoms with Crippen LogP contribution < -0.4 is 0 Å². The third kappa shape index (κ3) is 5.04. The lowest BCUT2D eigenvalue weighted by molar-refractivity contribution is 1.38. The number of terminal acetylenes is 1. The van der Waals surface area contributed by atoms with Gasteiger partial charge in [-0.1, -0.05) is 24.1 Å². The zero-order chi connectivity index (χ0) is 6.24. The van der Waals surface area contributed by atoms with E-state index in [9.17, 15) is 0 Å². The van der Waals surface area contributed by atoms with Crippen LogP contribution in [0.4, 0.5) is 0 Å². The summed E-state index contributed by atoms with van der Waals surface area (Å²) in [6, 6.07) is 0. The molecule has 0 aromatic carbocycles. The van der Waals surface area contributed by atoms with Gasteiger partial charge in [-0.2, -0.15) is 0 Å². The molecule has 0 aliphatic rings. The van der Waals surface area contributed by atoms with Gasteiger partial charge in [0.2, 0.25) is 0 Å². The molecule has 0 unspecified atom stereocenters. The van der Waals surface area contributed by atoms with Crippen molar-refractivity contribution in [3.8, 4) is 12.3 Å². The second-order valence-electron chi connectivity index (χ2n) is 1.37. The number of hydrogen-bond donors (Lipinski definition) is 0. The summed E-state index contributed by atoms with van der Waals surface area (Å²) < 4.78 is 0. The topological polar surface area (TPSA) is 0 Å². The lowest BCUT2D eigenvalue weighted by Crippen LogP contribution is -1.53. The Kier molecular flexibility index (Phi) is 5.32. The van der Waals surface area contributed by atoms with E-state index in [0.717, 1.165) is 6.42 Å². The fraction of sp³-hybridized carbons (Fsp3) is 0.250. The minimum Gasteiger partial charge on any atom is -0.115 e. The molecule has 0 saturated carbocycles. The fourth-order valence-corrected chi connectivity index (χ4v) is 0.351. The van der Waals surface area contributed by atoms with Crippen LogP contribution in [0, 0.1) is 12.3 Å². The summed E-state index contributed by atoms with van der Waals surface area (Å²) in [6.07, 6.45) is 13.6. The van der Waals surface area contributed by atoms with Gasteiger partial charge in [0.25, 0.3) is 0 Å². The number of hydrogen-bond acceptors (Lipinski definition) is 0. The third-order valence-electron chi connectivity index (χ3n) is 0.722. The smallest absolute Gasteiger partial charge is 0.0158 e. The van der Waals surface area contributed by atoms with Crippen LogP contribution in [0.1, 0.15) is 13.3 Å². The van der Waals surface area contributed by atoms with Gasteiger partial charge in [-0.15, -0.1) is 6.42 Å². The van der Waals surface area contributed by atoms with Crippen LogP contribution in [0.2, 0.25) is 0 Å². The minimum absolute atomic E-state index is 0.945. The Balaban J connectivity index is 3.20. The highest BCUT2D eigenvalue weighted by Crippen LogP contribution is 1.82. The lowest BCUT2D eigenvalue weighted by Gasteiger charge is -1.73. The standard InChI is InChI=1S/C8H10/c1-3-5-7-8-6-4-2/h1,4-7H,8H2,2H3/b6-4-,7-5-. The van der Waals surface area contributed by atoms with Crippen molar-refractivity contribution in [2.75, 3.05) is 0 Å². The summed E-state index contributed by atoms with van der Waals surface area (Å²) in [5.74, 6) is 2.41. The van der Waals surface area contributed by atoms with Gasteiger partial charge in [-0.3, -0.25) is 0 Å². The number of rotatable bonds is 2. The Morgan fingerprint density at radius 3 is 2.75 bits per heavy atom. The van der Waals surface area contributed by atoms with Crippen LogP contribution in [-0.4, -0.2) is 0 Å². The predicted octanol–water partition coefficient (Wildman–Crippen LogP) is 2.14. The second kappa shape index (κ2) is 6.04. The summed E-state index contributed by atoms with van der Waals surface area (Å²) in [6.45, 7) is 1.99. The van der Waals surface area contributed by atoms with Crippen molar-refractivity contribution < 1.29 is 0 Å². The summed E-state index contributed by atoms with van der Waals surface area (Å²) in [5.41, 5.74) is 0. The molecule has 0 radical (unpaired) electrons. The second-order valence-corrected chi connectivity index (χ2v) is 1.37. The third-order valence-corrected chi connectivity index (χ3v) is 0.722. The molecule has 0 fully saturated rings. The molecule has 0 aliphatic heterocycles. The molecule has 0 aromatic heterocycles. The van der Waals surface area contributed by atoms with Gasteiger partial charge in [0, 0.05) is 0 Å². The predicted molar refractivity (Wildman–Crippen MR) is 37.4 cm³/mol. The van der Waals surface area contributed by atoms with Crippen LogP contribution in [0.3, 0.4) is 0 Å². The largest absolute Gasteiger partial charge is 0.115 e. The lowest BCUT2D eigenvalue weighted by atomic mass is 10.3. The molecule has 0 N–H and O–H groups in total. The van der Waals surface area contributed by atoms with Crippen LogP contribution in [0.25, 0.3) is 0 Å². The Morgan fingerprint density at radius 2 is 2.25 bits per heavy atom. The summed E-state index contributed by atoms with van der Waals surface area (Å²) in [7, 11) is 0. The first kappa shape index (κ1) is 7.04. The van der Waals surface area contributed by atoms with E-state index in [-0.39, 0.29) is 0 Å².